The second-order valence-electron chi connectivity index (χ2n) is 7.04. The van der Waals surface area contributed by atoms with Crippen molar-refractivity contribution in [3.05, 3.63) is 96.1 Å². The maximum absolute atomic E-state index is 13.8. The molecule has 0 aliphatic heterocycles. The molecule has 8 N–H and O–H groups in total. The van der Waals surface area contributed by atoms with Gasteiger partial charge in [-0.05, 0) is 24.3 Å². The minimum absolute atomic E-state index is 0.203. The fraction of sp³-hybridized carbons (Fsp3) is 0. The van der Waals surface area contributed by atoms with E-state index in [4.69, 9.17) is 22.9 Å². The highest BCUT2D eigenvalue weighted by Crippen LogP contribution is 2.38. The molecule has 0 amide bonds. The minimum atomic E-state index is -0.203. The highest BCUT2D eigenvalue weighted by Gasteiger charge is 2.22. The van der Waals surface area contributed by atoms with E-state index < -0.39 is 0 Å². The van der Waals surface area contributed by atoms with Gasteiger partial charge in [0.05, 0.1) is 0 Å². The van der Waals surface area contributed by atoms with E-state index in [0.717, 1.165) is 0 Å². The van der Waals surface area contributed by atoms with Gasteiger partial charge in [0.15, 0.2) is 5.78 Å². The number of nitrogens with two attached hydrogens (primary N) is 4. The normalized spacial score (nSPS) is 10.7. The molecule has 5 heteroatoms. The van der Waals surface area contributed by atoms with Gasteiger partial charge in [-0.15, -0.1) is 0 Å². The summed E-state index contributed by atoms with van der Waals surface area (Å²) >= 11 is 0. The highest BCUT2D eigenvalue weighted by molar-refractivity contribution is 6.19. The number of benzene rings is 4. The third-order valence-corrected chi connectivity index (χ3v) is 5.14. The SMILES string of the molecule is Nc1ccccc1-c1c(N)cccc1C(=O)c1cccc(N)c1-c1ccccc1N. The molecule has 0 fully saturated rings. The molecule has 0 aromatic heterocycles. The Morgan fingerprint density at radius 1 is 0.467 bits per heavy atom. The van der Waals surface area contributed by atoms with Gasteiger partial charge in [-0.25, -0.2) is 0 Å². The molecule has 0 heterocycles. The lowest BCUT2D eigenvalue weighted by molar-refractivity contribution is 0.104. The molecule has 0 saturated heterocycles. The van der Waals surface area contributed by atoms with Crippen molar-refractivity contribution >= 4 is 28.5 Å². The Morgan fingerprint density at radius 2 is 0.833 bits per heavy atom. The summed E-state index contributed by atoms with van der Waals surface area (Å²) in [6, 6.07) is 25.2. The Morgan fingerprint density at radius 3 is 1.23 bits per heavy atom. The van der Waals surface area contributed by atoms with Crippen LogP contribution in [0.2, 0.25) is 0 Å². The predicted octanol–water partition coefficient (Wildman–Crippen LogP) is 4.58. The maximum Gasteiger partial charge on any atom is 0.194 e. The Hall–Kier alpha value is -4.25. The summed E-state index contributed by atoms with van der Waals surface area (Å²) in [4.78, 5) is 13.8. The van der Waals surface area contributed by atoms with E-state index in [2.05, 4.69) is 0 Å². The summed E-state index contributed by atoms with van der Waals surface area (Å²) in [6.07, 6.45) is 0. The first kappa shape index (κ1) is 19.1. The number of hydrogen-bond donors (Lipinski definition) is 4. The fourth-order valence-corrected chi connectivity index (χ4v) is 3.71. The lowest BCUT2D eigenvalue weighted by Gasteiger charge is -2.17. The largest absolute Gasteiger partial charge is 0.398 e. The Kier molecular flexibility index (Phi) is 4.86. The lowest BCUT2D eigenvalue weighted by atomic mass is 9.87. The monoisotopic (exact) mass is 394 g/mol. The molecule has 5 nitrogen and oxygen atoms in total. The van der Waals surface area contributed by atoms with Gasteiger partial charge in [-0.2, -0.15) is 0 Å². The number of para-hydroxylation sites is 2. The number of rotatable bonds is 4. The van der Waals surface area contributed by atoms with Gasteiger partial charge in [0, 0.05) is 56.1 Å². The second kappa shape index (κ2) is 7.64. The molecule has 0 atom stereocenters. The standard InChI is InChI=1S/C25H22N4O/c26-19-11-3-1-7-15(19)23-17(9-5-13-21(23)28)25(30)18-10-6-14-22(29)24(18)16-8-2-4-12-20(16)27/h1-14H,26-29H2. The molecule has 0 spiro atoms. The van der Waals surface area contributed by atoms with Gasteiger partial charge in [0.1, 0.15) is 0 Å². The third kappa shape index (κ3) is 3.22. The zero-order valence-corrected chi connectivity index (χ0v) is 16.3. The van der Waals surface area contributed by atoms with Crippen LogP contribution in [0.5, 0.6) is 0 Å². The van der Waals surface area contributed by atoms with Crippen LogP contribution in [0.4, 0.5) is 22.7 Å². The number of carbonyl (C=O) groups excluding carboxylic acids is 1. The van der Waals surface area contributed by atoms with Gasteiger partial charge < -0.3 is 22.9 Å². The highest BCUT2D eigenvalue weighted by atomic mass is 16.1. The number of hydrogen-bond acceptors (Lipinski definition) is 5. The van der Waals surface area contributed by atoms with Gasteiger partial charge in [-0.1, -0.05) is 60.7 Å². The Balaban J connectivity index is 1.96. The van der Waals surface area contributed by atoms with Gasteiger partial charge in [-0.3, -0.25) is 4.79 Å². The fourth-order valence-electron chi connectivity index (χ4n) is 3.71. The molecule has 148 valence electrons. The van der Waals surface area contributed by atoms with Crippen LogP contribution in [0.3, 0.4) is 0 Å². The number of carbonyl (C=O) groups is 1. The Labute approximate surface area is 174 Å². The summed E-state index contributed by atoms with van der Waals surface area (Å²) in [5.74, 6) is -0.203. The number of ketones is 1. The lowest BCUT2D eigenvalue weighted by Crippen LogP contribution is -2.09. The van der Waals surface area contributed by atoms with Crippen molar-refractivity contribution in [1.82, 2.24) is 0 Å². The topological polar surface area (TPSA) is 121 Å². The van der Waals surface area contributed by atoms with Crippen molar-refractivity contribution < 1.29 is 4.79 Å². The van der Waals surface area contributed by atoms with Crippen molar-refractivity contribution in [3.8, 4) is 22.3 Å². The van der Waals surface area contributed by atoms with Gasteiger partial charge in [0.2, 0.25) is 0 Å². The summed E-state index contributed by atoms with van der Waals surface area (Å²) in [5.41, 5.74) is 30.5. The zero-order valence-electron chi connectivity index (χ0n) is 16.3. The minimum Gasteiger partial charge on any atom is -0.398 e. The predicted molar refractivity (Wildman–Crippen MR) is 125 cm³/mol. The second-order valence-corrected chi connectivity index (χ2v) is 7.04. The summed E-state index contributed by atoms with van der Waals surface area (Å²) < 4.78 is 0. The summed E-state index contributed by atoms with van der Waals surface area (Å²) in [6.45, 7) is 0. The average Bonchev–Trinajstić information content (AvgIpc) is 2.74. The molecule has 0 radical (unpaired) electrons. The molecule has 0 aliphatic rings. The smallest absolute Gasteiger partial charge is 0.194 e. The Bertz CT molecular complexity index is 1170. The van der Waals surface area contributed by atoms with Gasteiger partial charge >= 0.3 is 0 Å². The first-order valence-corrected chi connectivity index (χ1v) is 9.50. The van der Waals surface area contributed by atoms with E-state index in [-0.39, 0.29) is 5.78 Å². The van der Waals surface area contributed by atoms with E-state index in [9.17, 15) is 4.79 Å². The first-order valence-electron chi connectivity index (χ1n) is 9.50. The molecule has 0 bridgehead atoms. The molecule has 0 unspecified atom stereocenters. The van der Waals surface area contributed by atoms with Crippen LogP contribution in [0, 0.1) is 0 Å². The molecule has 4 aromatic rings. The molecule has 0 aliphatic carbocycles. The van der Waals surface area contributed by atoms with Crippen molar-refractivity contribution in [2.45, 2.75) is 0 Å². The van der Waals surface area contributed by atoms with Crippen LogP contribution >= 0.6 is 0 Å². The van der Waals surface area contributed by atoms with Crippen LogP contribution < -0.4 is 22.9 Å². The van der Waals surface area contributed by atoms with Crippen LogP contribution in [0.15, 0.2) is 84.9 Å². The van der Waals surface area contributed by atoms with E-state index in [1.807, 2.05) is 36.4 Å². The van der Waals surface area contributed by atoms with Crippen molar-refractivity contribution in [2.75, 3.05) is 22.9 Å². The van der Waals surface area contributed by atoms with Crippen molar-refractivity contribution in [2.24, 2.45) is 0 Å². The molecular formula is C25H22N4O. The van der Waals surface area contributed by atoms with Crippen molar-refractivity contribution in [3.63, 3.8) is 0 Å². The average molecular weight is 394 g/mol. The molecular weight excluding hydrogens is 372 g/mol. The summed E-state index contributed by atoms with van der Waals surface area (Å²) in [7, 11) is 0. The molecule has 4 rings (SSSR count). The molecule has 4 aromatic carbocycles. The van der Waals surface area contributed by atoms with Crippen molar-refractivity contribution in [1.29, 1.82) is 0 Å². The van der Waals surface area contributed by atoms with E-state index in [1.54, 1.807) is 48.5 Å². The van der Waals surface area contributed by atoms with Crippen LogP contribution in [0.25, 0.3) is 22.3 Å². The molecule has 30 heavy (non-hydrogen) atoms. The van der Waals surface area contributed by atoms with Crippen LogP contribution in [-0.4, -0.2) is 5.78 Å². The zero-order chi connectivity index (χ0) is 21.3. The number of nitrogen functional groups attached to an aromatic ring is 4. The van der Waals surface area contributed by atoms with Gasteiger partial charge in [0.25, 0.3) is 0 Å². The maximum atomic E-state index is 13.8. The van der Waals surface area contributed by atoms with E-state index in [1.165, 1.54) is 0 Å². The van der Waals surface area contributed by atoms with Crippen LogP contribution in [0.1, 0.15) is 15.9 Å². The number of anilines is 4. The third-order valence-electron chi connectivity index (χ3n) is 5.14. The summed E-state index contributed by atoms with van der Waals surface area (Å²) in [5, 5.41) is 0. The quantitative estimate of drug-likeness (QED) is 0.298. The van der Waals surface area contributed by atoms with Crippen LogP contribution in [-0.2, 0) is 0 Å². The van der Waals surface area contributed by atoms with E-state index >= 15 is 0 Å². The first-order chi connectivity index (χ1) is 14.5. The molecule has 0 saturated carbocycles. The van der Waals surface area contributed by atoms with E-state index in [0.29, 0.717) is 56.1 Å².